The first-order valence-electron chi connectivity index (χ1n) is 6.15. The Balaban J connectivity index is 0. The van der Waals surface area contributed by atoms with E-state index in [1.807, 2.05) is 13.8 Å². The monoisotopic (exact) mass is 312 g/mol. The van der Waals surface area contributed by atoms with Gasteiger partial charge in [0.05, 0.1) is 16.4 Å². The smallest absolute Gasteiger partial charge is 0.155 e. The van der Waals surface area contributed by atoms with Crippen molar-refractivity contribution in [1.29, 1.82) is 0 Å². The highest BCUT2D eigenvalue weighted by Crippen LogP contribution is 2.17. The van der Waals surface area contributed by atoms with Crippen molar-refractivity contribution in [3.63, 3.8) is 0 Å². The number of thiol groups is 2. The van der Waals surface area contributed by atoms with Crippen LogP contribution in [-0.4, -0.2) is 27.0 Å². The van der Waals surface area contributed by atoms with Gasteiger partial charge in [-0.15, -0.1) is 0 Å². The van der Waals surface area contributed by atoms with E-state index in [1.165, 1.54) is 9.47 Å². The Hall–Kier alpha value is 0.430. The molecule has 0 aromatic rings. The second-order valence-corrected chi connectivity index (χ2v) is 5.38. The average Bonchev–Trinajstić information content (AvgIpc) is 2.39. The van der Waals surface area contributed by atoms with Crippen molar-refractivity contribution in [2.24, 2.45) is 5.92 Å². The first-order chi connectivity index (χ1) is 8.45. The van der Waals surface area contributed by atoms with Gasteiger partial charge < -0.3 is 4.89 Å². The van der Waals surface area contributed by atoms with Crippen LogP contribution in [0.4, 0.5) is 0 Å². The highest BCUT2D eigenvalue weighted by molar-refractivity contribution is 7.82. The van der Waals surface area contributed by atoms with Gasteiger partial charge in [0, 0.05) is 0 Å². The van der Waals surface area contributed by atoms with Crippen LogP contribution in [0.15, 0.2) is 0 Å². The van der Waals surface area contributed by atoms with Gasteiger partial charge in [-0.25, -0.2) is 0 Å². The van der Waals surface area contributed by atoms with Gasteiger partial charge in [0.1, 0.15) is 0 Å². The third kappa shape index (κ3) is 7.78. The topological polar surface area (TPSA) is 54.4 Å². The lowest BCUT2D eigenvalue weighted by atomic mass is 9.93. The minimum Gasteiger partial charge on any atom is -0.380 e. The minimum absolute atomic E-state index is 0.0645. The molecular formula is C12H25O3PS2. The molecule has 0 aromatic carbocycles. The van der Waals surface area contributed by atoms with Gasteiger partial charge in [0.25, 0.3) is 0 Å². The fourth-order valence-corrected chi connectivity index (χ4v) is 2.51. The van der Waals surface area contributed by atoms with Crippen LogP contribution in [0.2, 0.25) is 0 Å². The highest BCUT2D eigenvalue weighted by atomic mass is 32.1. The van der Waals surface area contributed by atoms with E-state index in [-0.39, 0.29) is 22.1 Å². The van der Waals surface area contributed by atoms with E-state index in [1.54, 1.807) is 6.92 Å². The largest absolute Gasteiger partial charge is 0.380 e. The van der Waals surface area contributed by atoms with E-state index in [4.69, 9.17) is 4.89 Å². The lowest BCUT2D eigenvalue weighted by Gasteiger charge is -2.17. The van der Waals surface area contributed by atoms with Gasteiger partial charge in [-0.3, -0.25) is 9.59 Å². The maximum Gasteiger partial charge on any atom is 0.155 e. The molecular weight excluding hydrogens is 287 g/mol. The van der Waals surface area contributed by atoms with E-state index < -0.39 is 5.92 Å². The van der Waals surface area contributed by atoms with E-state index in [0.717, 1.165) is 25.7 Å². The third-order valence-corrected chi connectivity index (χ3v) is 3.66. The van der Waals surface area contributed by atoms with Crippen molar-refractivity contribution >= 4 is 46.3 Å². The molecule has 3 nitrogen and oxygen atoms in total. The van der Waals surface area contributed by atoms with Gasteiger partial charge in [-0.1, -0.05) is 26.7 Å². The lowest BCUT2D eigenvalue weighted by molar-refractivity contribution is -0.131. The summed E-state index contributed by atoms with van der Waals surface area (Å²) in [5.41, 5.74) is 0. The Morgan fingerprint density at radius 2 is 1.28 bits per heavy atom. The molecule has 3 unspecified atom stereocenters. The molecule has 0 bridgehead atoms. The zero-order valence-electron chi connectivity index (χ0n) is 11.3. The SMILES string of the molecule is CCCC(S)C(=O)C(C)C(=O)C(S)CCC.OP. The summed E-state index contributed by atoms with van der Waals surface area (Å²) in [5.74, 6) is -0.696. The van der Waals surface area contributed by atoms with Crippen molar-refractivity contribution in [2.45, 2.75) is 57.0 Å². The zero-order valence-corrected chi connectivity index (χ0v) is 14.2. The molecule has 1 N–H and O–H groups in total. The summed E-state index contributed by atoms with van der Waals surface area (Å²) < 4.78 is 0. The van der Waals surface area contributed by atoms with Gasteiger partial charge in [0.15, 0.2) is 11.6 Å². The predicted molar refractivity (Wildman–Crippen MR) is 86.5 cm³/mol. The van der Waals surface area contributed by atoms with Gasteiger partial charge in [-0.05, 0) is 29.2 Å². The standard InChI is InChI=1S/C12H22O2S2.H3OP/c1-4-6-9(15)11(13)8(3)12(14)10(16)7-5-2;1-2/h8-10,15-16H,4-7H2,1-3H3;1H,2H2. The molecule has 0 radical (unpaired) electrons. The number of hydrogen-bond acceptors (Lipinski definition) is 5. The van der Waals surface area contributed by atoms with Crippen LogP contribution < -0.4 is 0 Å². The molecule has 0 aliphatic heterocycles. The normalized spacial score (nSPS) is 15.1. The first kappa shape index (κ1) is 20.7. The molecule has 0 aliphatic rings. The lowest BCUT2D eigenvalue weighted by Crippen LogP contribution is -2.33. The Morgan fingerprint density at radius 3 is 1.50 bits per heavy atom. The van der Waals surface area contributed by atoms with E-state index in [2.05, 4.69) is 25.3 Å². The molecule has 0 spiro atoms. The summed E-state index contributed by atoms with van der Waals surface area (Å²) in [7, 11) is 1.42. The Bertz CT molecular complexity index is 225. The van der Waals surface area contributed by atoms with E-state index in [0.29, 0.717) is 0 Å². The fourth-order valence-electron chi connectivity index (χ4n) is 1.55. The number of rotatable bonds is 8. The van der Waals surface area contributed by atoms with Gasteiger partial charge >= 0.3 is 0 Å². The Kier molecular flexibility index (Phi) is 14.4. The van der Waals surface area contributed by atoms with Gasteiger partial charge in [0.2, 0.25) is 0 Å². The van der Waals surface area contributed by atoms with Crippen LogP contribution in [-0.2, 0) is 9.59 Å². The van der Waals surface area contributed by atoms with E-state index in [9.17, 15) is 9.59 Å². The van der Waals surface area contributed by atoms with Crippen LogP contribution in [0.3, 0.4) is 0 Å². The summed E-state index contributed by atoms with van der Waals surface area (Å²) in [6, 6.07) is 0. The number of carbonyl (C=O) groups is 2. The average molecular weight is 312 g/mol. The molecule has 18 heavy (non-hydrogen) atoms. The predicted octanol–water partition coefficient (Wildman–Crippen LogP) is 2.73. The molecule has 0 aliphatic carbocycles. The van der Waals surface area contributed by atoms with Crippen LogP contribution >= 0.6 is 34.7 Å². The van der Waals surface area contributed by atoms with Crippen LogP contribution in [0.5, 0.6) is 0 Å². The number of Topliss-reactive ketones (excluding diaryl/α,β-unsaturated/α-hetero) is 2. The number of hydrogen-bond donors (Lipinski definition) is 3. The molecule has 0 heterocycles. The molecule has 3 atom stereocenters. The fraction of sp³-hybridized carbons (Fsp3) is 0.833. The van der Waals surface area contributed by atoms with Crippen molar-refractivity contribution in [3.05, 3.63) is 0 Å². The van der Waals surface area contributed by atoms with Crippen LogP contribution in [0, 0.1) is 5.92 Å². The summed E-state index contributed by atoms with van der Waals surface area (Å²) >= 11 is 8.47. The second-order valence-electron chi connectivity index (χ2n) is 4.14. The number of ketones is 2. The molecule has 0 saturated carbocycles. The van der Waals surface area contributed by atoms with Crippen molar-refractivity contribution < 1.29 is 14.5 Å². The molecule has 0 aromatic heterocycles. The van der Waals surface area contributed by atoms with Crippen molar-refractivity contribution in [3.8, 4) is 0 Å². The molecule has 0 amide bonds. The van der Waals surface area contributed by atoms with Gasteiger partial charge in [-0.2, -0.15) is 25.3 Å². The minimum atomic E-state index is -0.567. The molecule has 6 heteroatoms. The van der Waals surface area contributed by atoms with Crippen molar-refractivity contribution in [1.82, 2.24) is 0 Å². The molecule has 0 rings (SSSR count). The highest BCUT2D eigenvalue weighted by Gasteiger charge is 2.29. The quantitative estimate of drug-likeness (QED) is 0.367. The molecule has 108 valence electrons. The third-order valence-electron chi connectivity index (χ3n) is 2.63. The zero-order chi connectivity index (χ0) is 14.7. The first-order valence-corrected chi connectivity index (χ1v) is 7.69. The Morgan fingerprint density at radius 1 is 1.00 bits per heavy atom. The summed E-state index contributed by atoms with van der Waals surface area (Å²) in [6.07, 6.45) is 3.26. The molecule has 0 saturated heterocycles. The summed E-state index contributed by atoms with van der Waals surface area (Å²) in [6.45, 7) is 5.67. The molecule has 0 fully saturated rings. The maximum absolute atomic E-state index is 11.9. The van der Waals surface area contributed by atoms with Crippen LogP contribution in [0.1, 0.15) is 46.5 Å². The summed E-state index contributed by atoms with van der Waals surface area (Å²) in [5, 5.41) is -0.628. The Labute approximate surface area is 124 Å². The maximum atomic E-state index is 11.9. The second kappa shape index (κ2) is 12.5. The van der Waals surface area contributed by atoms with E-state index >= 15 is 0 Å². The summed E-state index contributed by atoms with van der Waals surface area (Å²) in [4.78, 5) is 30.6. The van der Waals surface area contributed by atoms with Crippen molar-refractivity contribution in [2.75, 3.05) is 0 Å². The van der Waals surface area contributed by atoms with Crippen LogP contribution in [0.25, 0.3) is 0 Å². The number of carbonyl (C=O) groups excluding carboxylic acids is 2.